The molecule has 0 aliphatic carbocycles. The second-order valence-corrected chi connectivity index (χ2v) is 8.85. The van der Waals surface area contributed by atoms with Gasteiger partial charge in [0.25, 0.3) is 5.91 Å². The Morgan fingerprint density at radius 2 is 1.50 bits per heavy atom. The van der Waals surface area contributed by atoms with Crippen molar-refractivity contribution < 1.29 is 50.2 Å². The second kappa shape index (κ2) is 12.8. The molecule has 0 aliphatic heterocycles. The minimum atomic E-state index is -4.83. The maximum Gasteiger partial charge on any atom is 0.419 e. The molecular weight excluding hydrogens is 547 g/mol. The van der Waals surface area contributed by atoms with Crippen LogP contribution in [0.1, 0.15) is 53.3 Å². The molecule has 0 spiro atoms. The van der Waals surface area contributed by atoms with Gasteiger partial charge in [-0.25, -0.2) is 4.39 Å². The van der Waals surface area contributed by atoms with Crippen LogP contribution in [0.25, 0.3) is 11.1 Å². The molecule has 214 valence electrons. The number of carbonyl (C=O) groups excluding carboxylic acids is 1. The Morgan fingerprint density at radius 3 is 2.05 bits per heavy atom. The van der Waals surface area contributed by atoms with Crippen LogP contribution < -0.4 is 10.1 Å². The van der Waals surface area contributed by atoms with E-state index in [2.05, 4.69) is 5.32 Å². The summed E-state index contributed by atoms with van der Waals surface area (Å²) < 4.78 is 96.6. The zero-order chi connectivity index (χ0) is 29.5. The van der Waals surface area contributed by atoms with Gasteiger partial charge in [-0.1, -0.05) is 30.3 Å². The molecule has 12 heteroatoms. The zero-order valence-corrected chi connectivity index (χ0v) is 20.8. The number of nitrogens with one attached hydrogen (secondary N) is 1. The van der Waals surface area contributed by atoms with E-state index in [1.54, 1.807) is 0 Å². The highest BCUT2D eigenvalue weighted by Gasteiger charge is 2.34. The van der Waals surface area contributed by atoms with Gasteiger partial charge in [-0.2, -0.15) is 26.3 Å². The van der Waals surface area contributed by atoms with Gasteiger partial charge < -0.3 is 15.2 Å². The summed E-state index contributed by atoms with van der Waals surface area (Å²) in [6.45, 7) is -0.0752. The molecule has 0 heterocycles. The minimum absolute atomic E-state index is 0.0183. The van der Waals surface area contributed by atoms with Crippen LogP contribution in [0.2, 0.25) is 0 Å². The number of ether oxygens (including phenoxy) is 1. The fourth-order valence-electron chi connectivity index (χ4n) is 3.83. The van der Waals surface area contributed by atoms with Gasteiger partial charge in [0, 0.05) is 18.5 Å². The Bertz CT molecular complexity index is 1300. The number of hydrogen-bond donors (Lipinski definition) is 2. The third kappa shape index (κ3) is 8.99. The van der Waals surface area contributed by atoms with Crippen molar-refractivity contribution in [2.24, 2.45) is 0 Å². The first-order chi connectivity index (χ1) is 18.7. The number of halogens is 7. The van der Waals surface area contributed by atoms with E-state index in [4.69, 9.17) is 9.84 Å². The first-order valence-electron chi connectivity index (χ1n) is 12.0. The van der Waals surface area contributed by atoms with Crippen molar-refractivity contribution in [1.82, 2.24) is 5.32 Å². The number of carboxylic acids is 1. The highest BCUT2D eigenvalue weighted by Crippen LogP contribution is 2.35. The Morgan fingerprint density at radius 1 is 0.875 bits per heavy atom. The number of carbonyl (C=O) groups is 2. The van der Waals surface area contributed by atoms with E-state index in [9.17, 15) is 40.3 Å². The highest BCUT2D eigenvalue weighted by molar-refractivity contribution is 5.94. The maximum absolute atomic E-state index is 14.0. The molecule has 1 atom stereocenters. The number of hydrogen-bond acceptors (Lipinski definition) is 3. The molecule has 0 saturated heterocycles. The summed E-state index contributed by atoms with van der Waals surface area (Å²) in [4.78, 5) is 22.8. The molecule has 3 aromatic rings. The summed E-state index contributed by atoms with van der Waals surface area (Å²) in [6.07, 6.45) is -11.6. The number of alkyl halides is 6. The summed E-state index contributed by atoms with van der Waals surface area (Å²) in [7, 11) is 0. The Balaban J connectivity index is 1.75. The first-order valence-corrected chi connectivity index (χ1v) is 12.0. The van der Waals surface area contributed by atoms with Crippen molar-refractivity contribution >= 4 is 11.9 Å². The third-order valence-electron chi connectivity index (χ3n) is 5.84. The lowest BCUT2D eigenvalue weighted by atomic mass is 10.0. The normalized spacial score (nSPS) is 12.6. The number of amides is 1. The van der Waals surface area contributed by atoms with Gasteiger partial charge in [-0.3, -0.25) is 9.59 Å². The van der Waals surface area contributed by atoms with E-state index in [0.29, 0.717) is 17.2 Å². The molecule has 0 saturated carbocycles. The lowest BCUT2D eigenvalue weighted by molar-refractivity contribution is -0.140. The van der Waals surface area contributed by atoms with Gasteiger partial charge in [0.1, 0.15) is 17.7 Å². The van der Waals surface area contributed by atoms with Gasteiger partial charge in [0.05, 0.1) is 12.0 Å². The maximum atomic E-state index is 14.0. The predicted octanol–water partition coefficient (Wildman–Crippen LogP) is 7.57. The molecule has 0 fully saturated rings. The smallest absolute Gasteiger partial charge is 0.419 e. The van der Waals surface area contributed by atoms with Crippen LogP contribution in [0.4, 0.5) is 30.7 Å². The van der Waals surface area contributed by atoms with Crippen molar-refractivity contribution in [1.29, 1.82) is 0 Å². The van der Waals surface area contributed by atoms with Crippen LogP contribution in [-0.4, -0.2) is 29.7 Å². The molecule has 0 aliphatic rings. The molecule has 1 unspecified atom stereocenters. The average Bonchev–Trinajstić information content (AvgIpc) is 2.87. The monoisotopic (exact) mass is 571 g/mol. The lowest BCUT2D eigenvalue weighted by Crippen LogP contribution is -2.26. The van der Waals surface area contributed by atoms with Crippen LogP contribution in [0.15, 0.2) is 66.7 Å². The minimum Gasteiger partial charge on any atom is -0.486 e. The van der Waals surface area contributed by atoms with Crippen LogP contribution in [-0.2, 0) is 11.0 Å². The number of carboxylic acid groups (broad SMARTS) is 1. The predicted molar refractivity (Wildman–Crippen MR) is 131 cm³/mol. The summed E-state index contributed by atoms with van der Waals surface area (Å²) in [6, 6.07) is 14.3. The number of benzene rings is 3. The number of aliphatic carboxylic acids is 1. The molecular formula is C28H24F7NO4. The largest absolute Gasteiger partial charge is 0.486 e. The first kappa shape index (κ1) is 30.5. The molecule has 3 aromatic carbocycles. The van der Waals surface area contributed by atoms with E-state index in [-0.39, 0.29) is 42.7 Å². The average molecular weight is 571 g/mol. The van der Waals surface area contributed by atoms with Crippen LogP contribution in [0, 0.1) is 5.82 Å². The van der Waals surface area contributed by atoms with Gasteiger partial charge in [-0.05, 0) is 65.9 Å². The van der Waals surface area contributed by atoms with E-state index in [1.807, 2.05) is 0 Å². The van der Waals surface area contributed by atoms with Crippen molar-refractivity contribution in [3.8, 4) is 16.9 Å². The van der Waals surface area contributed by atoms with Gasteiger partial charge in [-0.15, -0.1) is 0 Å². The zero-order valence-electron chi connectivity index (χ0n) is 20.8. The highest BCUT2D eigenvalue weighted by atomic mass is 19.4. The third-order valence-corrected chi connectivity index (χ3v) is 5.84. The van der Waals surface area contributed by atoms with Gasteiger partial charge in [0.15, 0.2) is 0 Å². The van der Waals surface area contributed by atoms with Gasteiger partial charge in [0.2, 0.25) is 0 Å². The molecule has 1 amide bonds. The van der Waals surface area contributed by atoms with Crippen LogP contribution >= 0.6 is 0 Å². The quantitative estimate of drug-likeness (QED) is 0.233. The fraction of sp³-hybridized carbons (Fsp3) is 0.286. The topological polar surface area (TPSA) is 75.6 Å². The number of rotatable bonds is 11. The fourth-order valence-corrected chi connectivity index (χ4v) is 3.83. The van der Waals surface area contributed by atoms with E-state index in [0.717, 1.165) is 12.1 Å². The van der Waals surface area contributed by atoms with Crippen molar-refractivity contribution in [2.75, 3.05) is 6.54 Å². The lowest BCUT2D eigenvalue weighted by Gasteiger charge is -2.21. The van der Waals surface area contributed by atoms with Crippen molar-refractivity contribution in [2.45, 2.75) is 44.1 Å². The van der Waals surface area contributed by atoms with Crippen LogP contribution in [0.5, 0.6) is 5.75 Å². The molecule has 0 aromatic heterocycles. The molecule has 0 bridgehead atoms. The standard InChI is InChI=1S/C28H24F7NO4/c29-23-16-20(9-12-22(23)28(33,34)35)17-7-10-21(11-8-17)40-24(2-1-14-27(30,31)32)18-3-5-19(6-4-18)26(39)36-15-13-25(37)38/h3-12,16,24H,1-2,13-15H2,(H,36,39)(H,37,38). The van der Waals surface area contributed by atoms with Gasteiger partial charge >= 0.3 is 18.3 Å². The summed E-state index contributed by atoms with van der Waals surface area (Å²) >= 11 is 0. The second-order valence-electron chi connectivity index (χ2n) is 8.85. The van der Waals surface area contributed by atoms with Crippen molar-refractivity contribution in [3.05, 3.63) is 89.2 Å². The molecule has 3 rings (SSSR count). The van der Waals surface area contributed by atoms with E-state index in [1.165, 1.54) is 48.5 Å². The van der Waals surface area contributed by atoms with E-state index < -0.39 is 48.1 Å². The summed E-state index contributed by atoms with van der Waals surface area (Å²) in [5, 5.41) is 11.1. The van der Waals surface area contributed by atoms with E-state index >= 15 is 0 Å². The Labute approximate surface area is 224 Å². The summed E-state index contributed by atoms with van der Waals surface area (Å²) in [5.74, 6) is -2.76. The molecule has 2 N–H and O–H groups in total. The van der Waals surface area contributed by atoms with Crippen molar-refractivity contribution in [3.63, 3.8) is 0 Å². The molecule has 5 nitrogen and oxygen atoms in total. The summed E-state index contributed by atoms with van der Waals surface area (Å²) in [5.41, 5.74) is -0.0982. The Hall–Kier alpha value is -4.09. The van der Waals surface area contributed by atoms with Crippen LogP contribution in [0.3, 0.4) is 0 Å². The SMILES string of the molecule is O=C(O)CCNC(=O)c1ccc(C(CCCC(F)(F)F)Oc2ccc(-c3ccc(C(F)(F)F)c(F)c3)cc2)cc1. The Kier molecular flexibility index (Phi) is 9.78. The molecule has 40 heavy (non-hydrogen) atoms. The molecule has 0 radical (unpaired) electrons.